The van der Waals surface area contributed by atoms with Gasteiger partial charge in [-0.1, -0.05) is 6.07 Å². The predicted molar refractivity (Wildman–Crippen MR) is 62.6 cm³/mol. The van der Waals surface area contributed by atoms with E-state index in [0.29, 0.717) is 12.1 Å². The quantitative estimate of drug-likeness (QED) is 0.429. The Labute approximate surface area is 119 Å². The first-order valence-electron chi connectivity index (χ1n) is 5.03. The molecule has 9 heteroatoms. The zero-order valence-electron chi connectivity index (χ0n) is 9.77. The lowest BCUT2D eigenvalue weighted by Crippen LogP contribution is -2.10. The Balaban J connectivity index is 3.34. The summed E-state index contributed by atoms with van der Waals surface area (Å²) in [7, 11) is 0. The number of alkyl halides is 7. The predicted octanol–water partition coefficient (Wildman–Crippen LogP) is 5.19. The van der Waals surface area contributed by atoms with E-state index >= 15 is 0 Å². The molecule has 1 nitrogen and oxygen atoms in total. The van der Waals surface area contributed by atoms with Crippen LogP contribution in [0.1, 0.15) is 23.4 Å². The van der Waals surface area contributed by atoms with Crippen LogP contribution in [0.25, 0.3) is 0 Å². The Hall–Kier alpha value is -0.890. The van der Waals surface area contributed by atoms with Crippen molar-refractivity contribution in [1.82, 2.24) is 0 Å². The van der Waals surface area contributed by atoms with E-state index in [1.54, 1.807) is 0 Å². The largest absolute Gasteiger partial charge is 0.446 e. The SMILES string of the molecule is CC(=O)C(Cl)c1ccc(C(F)(F)F)cc1SC(F)(F)F. The highest BCUT2D eigenvalue weighted by atomic mass is 35.5. The van der Waals surface area contributed by atoms with Crippen molar-refractivity contribution in [2.24, 2.45) is 0 Å². The molecule has 0 radical (unpaired) electrons. The molecule has 112 valence electrons. The van der Waals surface area contributed by atoms with Crippen LogP contribution in [0.5, 0.6) is 0 Å². The Bertz CT molecular complexity index is 511. The highest BCUT2D eigenvalue weighted by Crippen LogP contribution is 2.43. The molecular formula is C11H7ClF6OS. The zero-order valence-corrected chi connectivity index (χ0v) is 11.3. The van der Waals surface area contributed by atoms with Crippen LogP contribution in [0.15, 0.2) is 23.1 Å². The molecule has 0 amide bonds. The molecule has 1 atom stereocenters. The second kappa shape index (κ2) is 5.85. The molecular weight excluding hydrogens is 330 g/mol. The fraction of sp³-hybridized carbons (Fsp3) is 0.364. The van der Waals surface area contributed by atoms with Gasteiger partial charge in [-0.2, -0.15) is 26.3 Å². The van der Waals surface area contributed by atoms with E-state index < -0.39 is 45.1 Å². The van der Waals surface area contributed by atoms with E-state index in [9.17, 15) is 31.1 Å². The molecule has 0 heterocycles. The maximum atomic E-state index is 12.5. The van der Waals surface area contributed by atoms with Crippen LogP contribution in [-0.2, 0) is 11.0 Å². The molecule has 0 saturated heterocycles. The maximum Gasteiger partial charge on any atom is 0.446 e. The Morgan fingerprint density at radius 2 is 1.75 bits per heavy atom. The van der Waals surface area contributed by atoms with Crippen LogP contribution >= 0.6 is 23.4 Å². The number of halogens is 7. The van der Waals surface area contributed by atoms with Gasteiger partial charge in [0, 0.05) is 4.90 Å². The fourth-order valence-corrected chi connectivity index (χ4v) is 2.35. The molecule has 20 heavy (non-hydrogen) atoms. The van der Waals surface area contributed by atoms with Crippen LogP contribution in [0, 0.1) is 0 Å². The van der Waals surface area contributed by atoms with Gasteiger partial charge < -0.3 is 0 Å². The second-order valence-electron chi connectivity index (χ2n) is 3.77. The molecule has 1 unspecified atom stereocenters. The highest BCUT2D eigenvalue weighted by Gasteiger charge is 2.36. The van der Waals surface area contributed by atoms with Crippen molar-refractivity contribution in [2.75, 3.05) is 0 Å². The van der Waals surface area contributed by atoms with E-state index in [1.165, 1.54) is 0 Å². The van der Waals surface area contributed by atoms with Gasteiger partial charge in [-0.15, -0.1) is 11.6 Å². The lowest BCUT2D eigenvalue weighted by atomic mass is 10.1. The Morgan fingerprint density at radius 1 is 1.20 bits per heavy atom. The molecule has 1 aromatic carbocycles. The van der Waals surface area contributed by atoms with E-state index in [4.69, 9.17) is 11.6 Å². The van der Waals surface area contributed by atoms with Crippen LogP contribution in [0.2, 0.25) is 0 Å². The van der Waals surface area contributed by atoms with Crippen molar-refractivity contribution in [1.29, 1.82) is 0 Å². The lowest BCUT2D eigenvalue weighted by Gasteiger charge is -2.16. The van der Waals surface area contributed by atoms with Gasteiger partial charge >= 0.3 is 11.7 Å². The Kier molecular flexibility index (Phi) is 5.02. The number of Topliss-reactive ketones (excluding diaryl/α,β-unsaturated/α-hetero) is 1. The minimum atomic E-state index is -4.79. The average molecular weight is 337 g/mol. The van der Waals surface area contributed by atoms with Gasteiger partial charge in [0.2, 0.25) is 0 Å². The smallest absolute Gasteiger partial charge is 0.298 e. The van der Waals surface area contributed by atoms with E-state index in [1.807, 2.05) is 0 Å². The summed E-state index contributed by atoms with van der Waals surface area (Å²) in [5.74, 6) is -0.657. The number of benzene rings is 1. The van der Waals surface area contributed by atoms with Crippen molar-refractivity contribution in [3.8, 4) is 0 Å². The van der Waals surface area contributed by atoms with Crippen molar-refractivity contribution in [2.45, 2.75) is 28.9 Å². The van der Waals surface area contributed by atoms with Crippen molar-refractivity contribution >= 4 is 29.1 Å². The second-order valence-corrected chi connectivity index (χ2v) is 5.31. The molecule has 0 aliphatic rings. The summed E-state index contributed by atoms with van der Waals surface area (Å²) >= 11 is 4.90. The molecule has 0 fully saturated rings. The topological polar surface area (TPSA) is 17.1 Å². The molecule has 0 aliphatic heterocycles. The normalized spacial score (nSPS) is 14.2. The van der Waals surface area contributed by atoms with Crippen LogP contribution < -0.4 is 0 Å². The molecule has 1 rings (SSSR count). The number of hydrogen-bond donors (Lipinski definition) is 0. The molecule has 0 aromatic heterocycles. The first kappa shape index (κ1) is 17.2. The number of rotatable bonds is 3. The van der Waals surface area contributed by atoms with Gasteiger partial charge in [-0.25, -0.2) is 0 Å². The molecule has 0 aliphatic carbocycles. The van der Waals surface area contributed by atoms with Crippen LogP contribution in [-0.4, -0.2) is 11.3 Å². The van der Waals surface area contributed by atoms with Gasteiger partial charge in [0.05, 0.1) is 5.56 Å². The summed E-state index contributed by atoms with van der Waals surface area (Å²) in [5.41, 5.74) is -6.32. The van der Waals surface area contributed by atoms with Crippen LogP contribution in [0.3, 0.4) is 0 Å². The number of carbonyl (C=O) groups is 1. The van der Waals surface area contributed by atoms with E-state index in [-0.39, 0.29) is 5.56 Å². The number of ketones is 1. The number of thioether (sulfide) groups is 1. The van der Waals surface area contributed by atoms with Gasteiger partial charge in [0.15, 0.2) is 5.78 Å². The average Bonchev–Trinajstić information content (AvgIpc) is 2.24. The third-order valence-electron chi connectivity index (χ3n) is 2.20. The van der Waals surface area contributed by atoms with Crippen LogP contribution in [0.4, 0.5) is 26.3 Å². The first-order chi connectivity index (χ1) is 8.92. The van der Waals surface area contributed by atoms with E-state index in [0.717, 1.165) is 13.0 Å². The van der Waals surface area contributed by atoms with Gasteiger partial charge in [-0.3, -0.25) is 4.79 Å². The Morgan fingerprint density at radius 3 is 2.15 bits per heavy atom. The molecule has 1 aromatic rings. The number of carbonyl (C=O) groups excluding carboxylic acids is 1. The van der Waals surface area contributed by atoms with Gasteiger partial charge in [0.1, 0.15) is 5.38 Å². The van der Waals surface area contributed by atoms with Gasteiger partial charge in [0.25, 0.3) is 0 Å². The third-order valence-corrected chi connectivity index (χ3v) is 3.54. The highest BCUT2D eigenvalue weighted by molar-refractivity contribution is 8.00. The lowest BCUT2D eigenvalue weighted by molar-refractivity contribution is -0.137. The summed E-state index contributed by atoms with van der Waals surface area (Å²) in [6.07, 6.45) is -4.78. The van der Waals surface area contributed by atoms with Crippen molar-refractivity contribution in [3.63, 3.8) is 0 Å². The summed E-state index contributed by atoms with van der Waals surface area (Å²) < 4.78 is 74.6. The third kappa shape index (κ3) is 4.59. The van der Waals surface area contributed by atoms with Crippen molar-refractivity contribution < 1.29 is 31.1 Å². The minimum absolute atomic E-state index is 0.297. The molecule has 0 spiro atoms. The zero-order chi connectivity index (χ0) is 15.7. The number of hydrogen-bond acceptors (Lipinski definition) is 2. The van der Waals surface area contributed by atoms with Gasteiger partial charge in [-0.05, 0) is 36.4 Å². The standard InChI is InChI=1S/C11H7ClF6OS/c1-5(19)9(12)7-3-2-6(10(13,14)15)4-8(7)20-11(16,17)18/h2-4,9H,1H3. The van der Waals surface area contributed by atoms with E-state index in [2.05, 4.69) is 0 Å². The van der Waals surface area contributed by atoms with Crippen molar-refractivity contribution in [3.05, 3.63) is 29.3 Å². The summed E-state index contributed by atoms with van der Waals surface area (Å²) in [6.45, 7) is 1.04. The maximum absolute atomic E-state index is 12.5. The fourth-order valence-electron chi connectivity index (χ4n) is 1.35. The first-order valence-corrected chi connectivity index (χ1v) is 6.28. The summed E-state index contributed by atoms with van der Waals surface area (Å²) in [4.78, 5) is 10.4. The summed E-state index contributed by atoms with van der Waals surface area (Å²) in [5, 5.41) is -1.43. The molecule has 0 bridgehead atoms. The minimum Gasteiger partial charge on any atom is -0.298 e. The monoisotopic (exact) mass is 336 g/mol. The summed E-state index contributed by atoms with van der Waals surface area (Å²) in [6, 6.07) is 1.72. The molecule has 0 N–H and O–H groups in total. The molecule has 0 saturated carbocycles.